The summed E-state index contributed by atoms with van der Waals surface area (Å²) in [5.74, 6) is 0. The molecular formula is C17H23ClN2O3. The van der Waals surface area contributed by atoms with Crippen molar-refractivity contribution in [3.63, 3.8) is 0 Å². The molecule has 2 aliphatic rings. The number of hydrogen-bond acceptors (Lipinski definition) is 3. The van der Waals surface area contributed by atoms with E-state index in [2.05, 4.69) is 5.32 Å². The number of carbonyl (C=O) groups excluding carboxylic acids is 1. The Morgan fingerprint density at radius 2 is 2.22 bits per heavy atom. The molecule has 23 heavy (non-hydrogen) atoms. The van der Waals surface area contributed by atoms with Crippen molar-refractivity contribution in [3.8, 4) is 0 Å². The second-order valence-corrected chi connectivity index (χ2v) is 6.45. The lowest BCUT2D eigenvalue weighted by Crippen LogP contribution is -2.47. The van der Waals surface area contributed by atoms with Crippen LogP contribution in [0.15, 0.2) is 24.3 Å². The lowest BCUT2D eigenvalue weighted by Gasteiger charge is -2.28. The van der Waals surface area contributed by atoms with E-state index in [0.29, 0.717) is 26.4 Å². The predicted molar refractivity (Wildman–Crippen MR) is 88.8 cm³/mol. The second-order valence-electron chi connectivity index (χ2n) is 6.04. The molecule has 0 bridgehead atoms. The summed E-state index contributed by atoms with van der Waals surface area (Å²) in [5, 5.41) is 3.74. The Bertz CT molecular complexity index is 534. The van der Waals surface area contributed by atoms with E-state index in [-0.39, 0.29) is 18.2 Å². The highest BCUT2D eigenvalue weighted by molar-refractivity contribution is 6.31. The van der Waals surface area contributed by atoms with E-state index in [9.17, 15) is 4.79 Å². The molecule has 2 saturated heterocycles. The molecule has 2 aliphatic heterocycles. The van der Waals surface area contributed by atoms with Gasteiger partial charge in [-0.1, -0.05) is 29.8 Å². The third-order valence-corrected chi connectivity index (χ3v) is 4.79. The van der Waals surface area contributed by atoms with Crippen LogP contribution >= 0.6 is 11.6 Å². The van der Waals surface area contributed by atoms with Crippen LogP contribution < -0.4 is 5.32 Å². The van der Waals surface area contributed by atoms with Crippen molar-refractivity contribution in [2.45, 2.75) is 31.4 Å². The fourth-order valence-corrected chi connectivity index (χ4v) is 3.40. The van der Waals surface area contributed by atoms with Crippen molar-refractivity contribution in [1.29, 1.82) is 0 Å². The number of likely N-dealkylation sites (tertiary alicyclic amines) is 1. The van der Waals surface area contributed by atoms with Gasteiger partial charge in [0.1, 0.15) is 0 Å². The first-order chi connectivity index (χ1) is 11.2. The summed E-state index contributed by atoms with van der Waals surface area (Å²) < 4.78 is 10.9. The van der Waals surface area contributed by atoms with Crippen LogP contribution in [0.4, 0.5) is 4.79 Å². The zero-order chi connectivity index (χ0) is 16.1. The van der Waals surface area contributed by atoms with Crippen molar-refractivity contribution < 1.29 is 14.3 Å². The van der Waals surface area contributed by atoms with Gasteiger partial charge in [-0.25, -0.2) is 4.79 Å². The molecule has 0 radical (unpaired) electrons. The van der Waals surface area contributed by atoms with Crippen LogP contribution in [-0.2, 0) is 15.9 Å². The Morgan fingerprint density at radius 1 is 1.35 bits per heavy atom. The Kier molecular flexibility index (Phi) is 5.75. The number of nitrogens with zero attached hydrogens (tertiary/aromatic N) is 1. The third-order valence-electron chi connectivity index (χ3n) is 4.42. The zero-order valence-corrected chi connectivity index (χ0v) is 13.9. The minimum atomic E-state index is -0.0441. The molecule has 0 saturated carbocycles. The fraction of sp³-hybridized carbons (Fsp3) is 0.588. The van der Waals surface area contributed by atoms with Gasteiger partial charge >= 0.3 is 6.03 Å². The summed E-state index contributed by atoms with van der Waals surface area (Å²) in [6.07, 6.45) is 2.81. The average molecular weight is 339 g/mol. The molecule has 0 unspecified atom stereocenters. The highest BCUT2D eigenvalue weighted by atomic mass is 35.5. The highest BCUT2D eigenvalue weighted by Gasteiger charge is 2.29. The first-order valence-corrected chi connectivity index (χ1v) is 8.59. The Labute approximate surface area is 141 Å². The van der Waals surface area contributed by atoms with Gasteiger partial charge in [0.05, 0.1) is 25.9 Å². The van der Waals surface area contributed by atoms with E-state index in [0.717, 1.165) is 36.4 Å². The monoisotopic (exact) mass is 338 g/mol. The predicted octanol–water partition coefficient (Wildman–Crippen LogP) is 2.47. The Morgan fingerprint density at radius 3 is 3.00 bits per heavy atom. The van der Waals surface area contributed by atoms with Crippen molar-refractivity contribution in [3.05, 3.63) is 34.9 Å². The quantitative estimate of drug-likeness (QED) is 0.917. The van der Waals surface area contributed by atoms with Gasteiger partial charge in [0.15, 0.2) is 0 Å². The molecule has 2 amide bonds. The maximum atomic E-state index is 12.5. The topological polar surface area (TPSA) is 50.8 Å². The third kappa shape index (κ3) is 4.37. The molecule has 2 fully saturated rings. The fourth-order valence-electron chi connectivity index (χ4n) is 3.19. The summed E-state index contributed by atoms with van der Waals surface area (Å²) in [5.41, 5.74) is 1.10. The smallest absolute Gasteiger partial charge is 0.317 e. The molecule has 126 valence electrons. The van der Waals surface area contributed by atoms with Gasteiger partial charge in [0.25, 0.3) is 0 Å². The van der Waals surface area contributed by atoms with Crippen LogP contribution in [0.1, 0.15) is 18.4 Å². The first-order valence-electron chi connectivity index (χ1n) is 8.21. The van der Waals surface area contributed by atoms with Gasteiger partial charge in [-0.2, -0.15) is 0 Å². The van der Waals surface area contributed by atoms with E-state index < -0.39 is 0 Å². The summed E-state index contributed by atoms with van der Waals surface area (Å²) in [6, 6.07) is 8.03. The molecule has 3 rings (SSSR count). The molecular weight excluding hydrogens is 316 g/mol. The summed E-state index contributed by atoms with van der Waals surface area (Å²) in [6.45, 7) is 3.07. The van der Waals surface area contributed by atoms with Crippen molar-refractivity contribution in [2.75, 3.05) is 32.9 Å². The number of rotatable bonds is 4. The zero-order valence-electron chi connectivity index (χ0n) is 13.2. The van der Waals surface area contributed by atoms with Gasteiger partial charge in [-0.05, 0) is 30.9 Å². The highest BCUT2D eigenvalue weighted by Crippen LogP contribution is 2.24. The maximum absolute atomic E-state index is 12.5. The minimum absolute atomic E-state index is 0.0197. The maximum Gasteiger partial charge on any atom is 0.317 e. The largest absolute Gasteiger partial charge is 0.376 e. The molecule has 0 aliphatic carbocycles. The molecule has 5 nitrogen and oxygen atoms in total. The molecule has 2 heterocycles. The standard InChI is InChI=1S/C17H23ClN2O3/c18-16-6-2-1-4-13(16)10-14-5-3-7-20(14)17(21)19-11-15-12-22-8-9-23-15/h1-2,4,6,14-15H,3,5,7-12H2,(H,19,21)/t14-,15+/m0/s1. The SMILES string of the molecule is O=C(NC[C@@H]1COCCO1)N1CCC[C@H]1Cc1ccccc1Cl. The van der Waals surface area contributed by atoms with Crippen molar-refractivity contribution in [1.82, 2.24) is 10.2 Å². The van der Waals surface area contributed by atoms with E-state index >= 15 is 0 Å². The molecule has 0 spiro atoms. The molecule has 6 heteroatoms. The van der Waals surface area contributed by atoms with Crippen LogP contribution in [0.25, 0.3) is 0 Å². The summed E-state index contributed by atoms with van der Waals surface area (Å²) >= 11 is 6.24. The number of urea groups is 1. The van der Waals surface area contributed by atoms with Crippen LogP contribution in [0.5, 0.6) is 0 Å². The molecule has 0 aromatic heterocycles. The number of ether oxygens (including phenoxy) is 2. The van der Waals surface area contributed by atoms with E-state index in [1.54, 1.807) is 0 Å². The van der Waals surface area contributed by atoms with Crippen LogP contribution in [-0.4, -0.2) is 56.0 Å². The van der Waals surface area contributed by atoms with Crippen LogP contribution in [0.2, 0.25) is 5.02 Å². The number of carbonyl (C=O) groups is 1. The molecule has 2 atom stereocenters. The number of hydrogen-bond donors (Lipinski definition) is 1. The summed E-state index contributed by atoms with van der Waals surface area (Å²) in [7, 11) is 0. The van der Waals surface area contributed by atoms with E-state index in [1.807, 2.05) is 29.2 Å². The summed E-state index contributed by atoms with van der Waals surface area (Å²) in [4.78, 5) is 14.4. The van der Waals surface area contributed by atoms with Crippen molar-refractivity contribution >= 4 is 17.6 Å². The first kappa shape index (κ1) is 16.6. The van der Waals surface area contributed by atoms with Gasteiger partial charge < -0.3 is 19.7 Å². The van der Waals surface area contributed by atoms with E-state index in [4.69, 9.17) is 21.1 Å². The van der Waals surface area contributed by atoms with Gasteiger partial charge in [0.2, 0.25) is 0 Å². The average Bonchev–Trinajstić information content (AvgIpc) is 3.04. The number of halogens is 1. The lowest BCUT2D eigenvalue weighted by molar-refractivity contribution is -0.0856. The van der Waals surface area contributed by atoms with E-state index in [1.165, 1.54) is 0 Å². The van der Waals surface area contributed by atoms with Gasteiger partial charge in [-0.3, -0.25) is 0 Å². The Balaban J connectivity index is 1.53. The Hall–Kier alpha value is -1.30. The normalized spacial score (nSPS) is 24.7. The number of benzene rings is 1. The number of amides is 2. The van der Waals surface area contributed by atoms with Crippen molar-refractivity contribution in [2.24, 2.45) is 0 Å². The van der Waals surface area contributed by atoms with Gasteiger partial charge in [0, 0.05) is 24.2 Å². The minimum Gasteiger partial charge on any atom is -0.376 e. The molecule has 1 aromatic rings. The van der Waals surface area contributed by atoms with Crippen LogP contribution in [0, 0.1) is 0 Å². The van der Waals surface area contributed by atoms with Gasteiger partial charge in [-0.15, -0.1) is 0 Å². The number of nitrogens with one attached hydrogen (secondary N) is 1. The lowest BCUT2D eigenvalue weighted by atomic mass is 10.0. The molecule has 1 N–H and O–H groups in total. The molecule has 1 aromatic carbocycles. The van der Waals surface area contributed by atoms with Crippen LogP contribution in [0.3, 0.4) is 0 Å². The second kappa shape index (κ2) is 7.99.